The van der Waals surface area contributed by atoms with E-state index in [2.05, 4.69) is 38.2 Å². The van der Waals surface area contributed by atoms with Crippen LogP contribution in [0.3, 0.4) is 0 Å². The third kappa shape index (κ3) is 3.63. The maximum Gasteiger partial charge on any atom is 0.322 e. The van der Waals surface area contributed by atoms with E-state index >= 15 is 0 Å². The lowest BCUT2D eigenvalue weighted by Crippen LogP contribution is -2.44. The van der Waals surface area contributed by atoms with Crippen LogP contribution < -0.4 is 15.0 Å². The Balaban J connectivity index is 1.82. The van der Waals surface area contributed by atoms with Gasteiger partial charge >= 0.3 is 6.03 Å². The molecule has 2 amide bonds. The number of carbonyl (C=O) groups excluding carboxylic acids is 1. The lowest BCUT2D eigenvalue weighted by atomic mass is 9.82. The molecule has 0 aliphatic carbocycles. The summed E-state index contributed by atoms with van der Waals surface area (Å²) in [5, 5.41) is 3.24. The monoisotopic (exact) mass is 338 g/mol. The smallest absolute Gasteiger partial charge is 0.322 e. The molecule has 0 unspecified atom stereocenters. The molecule has 0 aromatic heterocycles. The lowest BCUT2D eigenvalue weighted by Gasteiger charge is -2.33. The summed E-state index contributed by atoms with van der Waals surface area (Å²) in [6.07, 6.45) is 0.853. The van der Waals surface area contributed by atoms with Gasteiger partial charge in [-0.2, -0.15) is 0 Å². The quantitative estimate of drug-likeness (QED) is 0.892. The van der Waals surface area contributed by atoms with Crippen LogP contribution >= 0.6 is 0 Å². The van der Waals surface area contributed by atoms with E-state index in [4.69, 9.17) is 4.74 Å². The minimum absolute atomic E-state index is 0.0484. The van der Waals surface area contributed by atoms with Crippen molar-refractivity contribution in [3.8, 4) is 5.75 Å². The van der Waals surface area contributed by atoms with E-state index in [0.29, 0.717) is 6.54 Å². The molecule has 3 rings (SSSR count). The second kappa shape index (κ2) is 6.79. The van der Waals surface area contributed by atoms with Crippen LogP contribution in [0.15, 0.2) is 48.5 Å². The number of fused-ring (bicyclic) bond motifs is 1. The number of hydrogen-bond donors (Lipinski definition) is 1. The first-order chi connectivity index (χ1) is 11.9. The molecule has 1 N–H and O–H groups in total. The number of amides is 2. The molecule has 0 spiro atoms. The van der Waals surface area contributed by atoms with Crippen molar-refractivity contribution in [2.75, 3.05) is 18.6 Å². The number of nitrogens with zero attached hydrogens (tertiary/aromatic N) is 1. The van der Waals surface area contributed by atoms with Gasteiger partial charge in [-0.05, 0) is 41.2 Å². The lowest BCUT2D eigenvalue weighted by molar-refractivity contribution is 0.224. The van der Waals surface area contributed by atoms with Crippen molar-refractivity contribution in [1.82, 2.24) is 5.32 Å². The molecule has 0 bridgehead atoms. The topological polar surface area (TPSA) is 41.6 Å². The highest BCUT2D eigenvalue weighted by Crippen LogP contribution is 2.35. The predicted octanol–water partition coefficient (Wildman–Crippen LogP) is 4.55. The molecular weight excluding hydrogens is 312 g/mol. The molecule has 1 aliphatic heterocycles. The molecule has 1 atom stereocenters. The summed E-state index contributed by atoms with van der Waals surface area (Å²) in [5.74, 6) is 0.831. The highest BCUT2D eigenvalue weighted by molar-refractivity contribution is 5.94. The van der Waals surface area contributed by atoms with E-state index in [0.717, 1.165) is 29.0 Å². The van der Waals surface area contributed by atoms with Crippen molar-refractivity contribution < 1.29 is 9.53 Å². The van der Waals surface area contributed by atoms with Gasteiger partial charge in [0.1, 0.15) is 5.75 Å². The fraction of sp³-hybridized carbons (Fsp3) is 0.381. The largest absolute Gasteiger partial charge is 0.497 e. The van der Waals surface area contributed by atoms with Crippen LogP contribution in [-0.4, -0.2) is 19.7 Å². The molecule has 25 heavy (non-hydrogen) atoms. The van der Waals surface area contributed by atoms with Gasteiger partial charge in [-0.25, -0.2) is 4.79 Å². The predicted molar refractivity (Wildman–Crippen MR) is 101 cm³/mol. The zero-order valence-corrected chi connectivity index (χ0v) is 15.4. The maximum absolute atomic E-state index is 13.0. The number of benzene rings is 2. The average molecular weight is 338 g/mol. The SMILES string of the molecule is COc1ccc2c(c1)CCN2C(=O)N[C@@H](c1ccccc1)C(C)(C)C. The van der Waals surface area contributed by atoms with Crippen LogP contribution in [0.25, 0.3) is 0 Å². The number of anilines is 1. The van der Waals surface area contributed by atoms with E-state index in [9.17, 15) is 4.79 Å². The minimum atomic E-state index is -0.0839. The van der Waals surface area contributed by atoms with Gasteiger partial charge in [-0.1, -0.05) is 51.1 Å². The summed E-state index contributed by atoms with van der Waals surface area (Å²) in [7, 11) is 1.66. The molecule has 132 valence electrons. The minimum Gasteiger partial charge on any atom is -0.497 e. The van der Waals surface area contributed by atoms with Crippen molar-refractivity contribution in [3.63, 3.8) is 0 Å². The zero-order valence-electron chi connectivity index (χ0n) is 15.4. The van der Waals surface area contributed by atoms with Crippen LogP contribution in [-0.2, 0) is 6.42 Å². The number of carbonyl (C=O) groups is 1. The molecule has 1 aliphatic rings. The molecular formula is C21H26N2O2. The third-order valence-corrected chi connectivity index (χ3v) is 4.69. The first kappa shape index (κ1) is 17.3. The molecule has 0 fully saturated rings. The third-order valence-electron chi connectivity index (χ3n) is 4.69. The van der Waals surface area contributed by atoms with E-state index in [-0.39, 0.29) is 17.5 Å². The van der Waals surface area contributed by atoms with Gasteiger partial charge in [-0.3, -0.25) is 4.90 Å². The summed E-state index contributed by atoms with van der Waals surface area (Å²) in [6, 6.07) is 15.9. The molecule has 0 saturated heterocycles. The van der Waals surface area contributed by atoms with E-state index in [1.807, 2.05) is 41.3 Å². The van der Waals surface area contributed by atoms with E-state index in [1.165, 1.54) is 0 Å². The Morgan fingerprint density at radius 1 is 1.16 bits per heavy atom. The van der Waals surface area contributed by atoms with Gasteiger partial charge in [0.2, 0.25) is 0 Å². The fourth-order valence-corrected chi connectivity index (χ4v) is 3.36. The van der Waals surface area contributed by atoms with Crippen LogP contribution in [0.4, 0.5) is 10.5 Å². The number of rotatable bonds is 3. The zero-order chi connectivity index (χ0) is 18.0. The van der Waals surface area contributed by atoms with Crippen molar-refractivity contribution in [2.45, 2.75) is 33.2 Å². The van der Waals surface area contributed by atoms with Crippen molar-refractivity contribution in [2.24, 2.45) is 5.41 Å². The van der Waals surface area contributed by atoms with Gasteiger partial charge in [0.05, 0.1) is 13.2 Å². The number of nitrogens with one attached hydrogen (secondary N) is 1. The van der Waals surface area contributed by atoms with Gasteiger partial charge < -0.3 is 10.1 Å². The summed E-state index contributed by atoms with van der Waals surface area (Å²) >= 11 is 0. The molecule has 2 aromatic rings. The molecule has 0 saturated carbocycles. The molecule has 4 heteroatoms. The van der Waals surface area contributed by atoms with Crippen molar-refractivity contribution in [3.05, 3.63) is 59.7 Å². The maximum atomic E-state index is 13.0. The number of ether oxygens (including phenoxy) is 1. The first-order valence-electron chi connectivity index (χ1n) is 8.70. The summed E-state index contributed by atoms with van der Waals surface area (Å²) < 4.78 is 5.28. The standard InChI is InChI=1S/C21H26N2O2/c1-21(2,3)19(15-8-6-5-7-9-15)22-20(24)23-13-12-16-14-17(25-4)10-11-18(16)23/h5-11,14,19H,12-13H2,1-4H3,(H,22,24)/t19-/m0/s1. The van der Waals surface area contributed by atoms with Crippen molar-refractivity contribution in [1.29, 1.82) is 0 Å². The highest BCUT2D eigenvalue weighted by Gasteiger charge is 2.31. The van der Waals surface area contributed by atoms with Gasteiger partial charge in [0, 0.05) is 12.2 Å². The fourth-order valence-electron chi connectivity index (χ4n) is 3.36. The van der Waals surface area contributed by atoms with Crippen molar-refractivity contribution >= 4 is 11.7 Å². The number of hydrogen-bond acceptors (Lipinski definition) is 2. The Morgan fingerprint density at radius 3 is 2.52 bits per heavy atom. The van der Waals surface area contributed by atoms with E-state index in [1.54, 1.807) is 7.11 Å². The summed E-state index contributed by atoms with van der Waals surface area (Å²) in [5.41, 5.74) is 3.16. The second-order valence-electron chi connectivity index (χ2n) is 7.56. The normalized spacial score (nSPS) is 14.8. The Morgan fingerprint density at radius 2 is 1.88 bits per heavy atom. The number of methoxy groups -OCH3 is 1. The summed E-state index contributed by atoms with van der Waals surface area (Å²) in [6.45, 7) is 7.13. The Labute approximate surface area is 149 Å². The Hall–Kier alpha value is -2.49. The summed E-state index contributed by atoms with van der Waals surface area (Å²) in [4.78, 5) is 14.8. The number of urea groups is 1. The molecule has 0 radical (unpaired) electrons. The van der Waals surface area contributed by atoms with Crippen LogP contribution in [0.5, 0.6) is 5.75 Å². The van der Waals surface area contributed by atoms with Gasteiger partial charge in [0.15, 0.2) is 0 Å². The van der Waals surface area contributed by atoms with E-state index < -0.39 is 0 Å². The van der Waals surface area contributed by atoms with Crippen LogP contribution in [0.1, 0.15) is 37.9 Å². The average Bonchev–Trinajstić information content (AvgIpc) is 3.02. The molecule has 4 nitrogen and oxygen atoms in total. The Kier molecular flexibility index (Phi) is 4.71. The van der Waals surface area contributed by atoms with Crippen LogP contribution in [0, 0.1) is 5.41 Å². The van der Waals surface area contributed by atoms with Gasteiger partial charge in [-0.15, -0.1) is 0 Å². The highest BCUT2D eigenvalue weighted by atomic mass is 16.5. The molecule has 2 aromatic carbocycles. The second-order valence-corrected chi connectivity index (χ2v) is 7.56. The Bertz CT molecular complexity index is 750. The van der Waals surface area contributed by atoms with Crippen LogP contribution in [0.2, 0.25) is 0 Å². The van der Waals surface area contributed by atoms with Gasteiger partial charge in [0.25, 0.3) is 0 Å². The molecule has 1 heterocycles. The first-order valence-corrected chi connectivity index (χ1v) is 8.70.